The number of alkyl halides is 1. The number of hydrogen-bond donors (Lipinski definition) is 2. The number of halogens is 1. The lowest BCUT2D eigenvalue weighted by molar-refractivity contribution is 0.179. The van der Waals surface area contributed by atoms with Gasteiger partial charge in [0.15, 0.2) is 0 Å². The summed E-state index contributed by atoms with van der Waals surface area (Å²) >= 11 is 2.04. The van der Waals surface area contributed by atoms with Crippen LogP contribution in [0.3, 0.4) is 0 Å². The minimum atomic E-state index is -0.913. The average Bonchev–Trinajstić information content (AvgIpc) is 3.23. The summed E-state index contributed by atoms with van der Waals surface area (Å²) in [5.74, 6) is 0. The Bertz CT molecular complexity index is 1220. The second-order valence-corrected chi connectivity index (χ2v) is 10.2. The van der Waals surface area contributed by atoms with Gasteiger partial charge >= 0.3 is 0 Å². The van der Waals surface area contributed by atoms with E-state index in [1.807, 2.05) is 47.1 Å². The molecule has 0 spiro atoms. The van der Waals surface area contributed by atoms with Crippen LogP contribution in [0.15, 0.2) is 73.1 Å². The van der Waals surface area contributed by atoms with Gasteiger partial charge in [0, 0.05) is 43.1 Å². The van der Waals surface area contributed by atoms with E-state index in [1.165, 1.54) is 16.8 Å². The van der Waals surface area contributed by atoms with Crippen LogP contribution in [0.25, 0.3) is 27.8 Å². The molecular weight excluding hydrogens is 499 g/mol. The van der Waals surface area contributed by atoms with Crippen LogP contribution in [0, 0.1) is 0 Å². The first-order valence-electron chi connectivity index (χ1n) is 10.5. The van der Waals surface area contributed by atoms with Crippen molar-refractivity contribution in [2.45, 2.75) is 10.5 Å². The number of nitrogens with one attached hydrogen (secondary N) is 1. The SMILES string of the molecule is CC(O)(I)c1ccc2c(c1)ncn2-c1cccc(-c2ccccc2N2CCNCC2)c1. The number of imidazole rings is 1. The van der Waals surface area contributed by atoms with E-state index in [2.05, 4.69) is 68.3 Å². The number of hydrogen-bond acceptors (Lipinski definition) is 4. The zero-order valence-electron chi connectivity index (χ0n) is 17.4. The van der Waals surface area contributed by atoms with Crippen molar-refractivity contribution in [1.29, 1.82) is 0 Å². The molecule has 1 unspecified atom stereocenters. The van der Waals surface area contributed by atoms with E-state index in [0.29, 0.717) is 0 Å². The first-order chi connectivity index (χ1) is 15.0. The molecule has 2 N–H and O–H groups in total. The zero-order valence-corrected chi connectivity index (χ0v) is 19.6. The summed E-state index contributed by atoms with van der Waals surface area (Å²) < 4.78 is 1.20. The van der Waals surface area contributed by atoms with E-state index in [0.717, 1.165) is 48.5 Å². The zero-order chi connectivity index (χ0) is 21.4. The molecule has 0 aliphatic carbocycles. The molecule has 1 aliphatic heterocycles. The van der Waals surface area contributed by atoms with Gasteiger partial charge in [-0.1, -0.05) is 36.4 Å². The first-order valence-corrected chi connectivity index (χ1v) is 11.6. The summed E-state index contributed by atoms with van der Waals surface area (Å²) in [6, 6.07) is 23.2. The molecule has 158 valence electrons. The van der Waals surface area contributed by atoms with E-state index in [1.54, 1.807) is 6.92 Å². The minimum absolute atomic E-state index is 0.851. The van der Waals surface area contributed by atoms with Gasteiger partial charge in [-0.2, -0.15) is 0 Å². The molecule has 2 heterocycles. The van der Waals surface area contributed by atoms with Crippen molar-refractivity contribution in [3.05, 3.63) is 78.6 Å². The van der Waals surface area contributed by atoms with Crippen LogP contribution in [-0.2, 0) is 3.61 Å². The fourth-order valence-corrected chi connectivity index (χ4v) is 4.56. The molecule has 1 aliphatic rings. The largest absolute Gasteiger partial charge is 0.376 e. The molecule has 0 amide bonds. The van der Waals surface area contributed by atoms with E-state index in [9.17, 15) is 5.11 Å². The van der Waals surface area contributed by atoms with Crippen molar-refractivity contribution in [3.8, 4) is 16.8 Å². The summed E-state index contributed by atoms with van der Waals surface area (Å²) in [5, 5.41) is 13.7. The van der Waals surface area contributed by atoms with Gasteiger partial charge in [-0.15, -0.1) is 0 Å². The summed E-state index contributed by atoms with van der Waals surface area (Å²) in [6.07, 6.45) is 1.86. The molecule has 31 heavy (non-hydrogen) atoms. The summed E-state index contributed by atoms with van der Waals surface area (Å²) in [5.41, 5.74) is 7.55. The smallest absolute Gasteiger partial charge is 0.138 e. The molecule has 4 aromatic rings. The van der Waals surface area contributed by atoms with E-state index >= 15 is 0 Å². The number of piperazine rings is 1. The van der Waals surface area contributed by atoms with Crippen molar-refractivity contribution in [3.63, 3.8) is 0 Å². The van der Waals surface area contributed by atoms with Crippen LogP contribution in [0.4, 0.5) is 5.69 Å². The van der Waals surface area contributed by atoms with E-state index in [4.69, 9.17) is 0 Å². The first kappa shape index (κ1) is 20.5. The monoisotopic (exact) mass is 524 g/mol. The van der Waals surface area contributed by atoms with Crippen LogP contribution < -0.4 is 10.2 Å². The number of para-hydroxylation sites is 1. The Morgan fingerprint density at radius 3 is 2.61 bits per heavy atom. The second-order valence-electron chi connectivity index (χ2n) is 8.08. The number of fused-ring (bicyclic) bond motifs is 1. The molecular formula is C25H25IN4O. The average molecular weight is 524 g/mol. The predicted molar refractivity (Wildman–Crippen MR) is 135 cm³/mol. The topological polar surface area (TPSA) is 53.3 Å². The Kier molecular flexibility index (Phi) is 5.45. The van der Waals surface area contributed by atoms with Crippen molar-refractivity contribution in [2.24, 2.45) is 0 Å². The molecule has 3 aromatic carbocycles. The normalized spacial score (nSPS) is 16.4. The fourth-order valence-electron chi connectivity index (χ4n) is 4.22. The van der Waals surface area contributed by atoms with Gasteiger partial charge in [0.2, 0.25) is 0 Å². The molecule has 0 bridgehead atoms. The highest BCUT2D eigenvalue weighted by molar-refractivity contribution is 14.1. The highest BCUT2D eigenvalue weighted by atomic mass is 127. The van der Waals surface area contributed by atoms with Gasteiger partial charge in [-0.25, -0.2) is 4.98 Å². The standard InChI is InChI=1S/C25H25IN4O/c1-25(26,31)19-9-10-24-22(16-19)28-17-30(24)20-6-4-5-18(15-20)21-7-2-3-8-23(21)29-13-11-27-12-14-29/h2-10,15-17,27,31H,11-14H2,1H3. The van der Waals surface area contributed by atoms with Crippen LogP contribution in [0.2, 0.25) is 0 Å². The number of benzene rings is 3. The predicted octanol–water partition coefficient (Wildman–Crippen LogP) is 4.70. The maximum absolute atomic E-state index is 10.3. The highest BCUT2D eigenvalue weighted by Crippen LogP contribution is 2.34. The maximum atomic E-state index is 10.3. The molecule has 1 fully saturated rings. The lowest BCUT2D eigenvalue weighted by atomic mass is 10.0. The second kappa shape index (κ2) is 8.26. The number of aliphatic hydroxyl groups is 1. The Morgan fingerprint density at radius 1 is 1.00 bits per heavy atom. The van der Waals surface area contributed by atoms with Crippen LogP contribution in [0.5, 0.6) is 0 Å². The van der Waals surface area contributed by atoms with Gasteiger partial charge in [-0.05, 0) is 71.0 Å². The van der Waals surface area contributed by atoms with Gasteiger partial charge in [0.25, 0.3) is 0 Å². The molecule has 0 saturated carbocycles. The number of rotatable bonds is 4. The quantitative estimate of drug-likeness (QED) is 0.300. The van der Waals surface area contributed by atoms with Gasteiger partial charge in [0.05, 0.1) is 11.0 Å². The molecule has 1 saturated heterocycles. The molecule has 1 aromatic heterocycles. The van der Waals surface area contributed by atoms with Gasteiger partial charge in [0.1, 0.15) is 9.94 Å². The number of nitrogens with zero attached hydrogens (tertiary/aromatic N) is 3. The Morgan fingerprint density at radius 2 is 1.81 bits per heavy atom. The maximum Gasteiger partial charge on any atom is 0.138 e. The molecule has 5 rings (SSSR count). The third-order valence-electron chi connectivity index (χ3n) is 5.87. The molecule has 6 heteroatoms. The number of aromatic nitrogens is 2. The Hall–Kier alpha value is -2.42. The molecule has 5 nitrogen and oxygen atoms in total. The molecule has 1 atom stereocenters. The third kappa shape index (κ3) is 4.07. The van der Waals surface area contributed by atoms with E-state index < -0.39 is 3.61 Å². The lowest BCUT2D eigenvalue weighted by Gasteiger charge is -2.31. The summed E-state index contributed by atoms with van der Waals surface area (Å²) in [7, 11) is 0. The lowest BCUT2D eigenvalue weighted by Crippen LogP contribution is -2.43. The molecule has 0 radical (unpaired) electrons. The Balaban J connectivity index is 1.55. The summed E-state index contributed by atoms with van der Waals surface area (Å²) in [4.78, 5) is 7.06. The summed E-state index contributed by atoms with van der Waals surface area (Å²) in [6.45, 7) is 5.85. The fraction of sp³-hybridized carbons (Fsp3) is 0.240. The van der Waals surface area contributed by atoms with Crippen molar-refractivity contribution < 1.29 is 5.11 Å². The van der Waals surface area contributed by atoms with Crippen LogP contribution >= 0.6 is 22.6 Å². The van der Waals surface area contributed by atoms with Crippen molar-refractivity contribution >= 4 is 39.3 Å². The van der Waals surface area contributed by atoms with Crippen LogP contribution in [-0.4, -0.2) is 40.8 Å². The van der Waals surface area contributed by atoms with Crippen LogP contribution in [0.1, 0.15) is 12.5 Å². The van der Waals surface area contributed by atoms with Crippen molar-refractivity contribution in [1.82, 2.24) is 14.9 Å². The van der Waals surface area contributed by atoms with Gasteiger partial charge in [-0.3, -0.25) is 4.57 Å². The number of anilines is 1. The minimum Gasteiger partial charge on any atom is -0.376 e. The van der Waals surface area contributed by atoms with Gasteiger partial charge < -0.3 is 15.3 Å². The van der Waals surface area contributed by atoms with Crippen molar-refractivity contribution in [2.75, 3.05) is 31.1 Å². The van der Waals surface area contributed by atoms with E-state index in [-0.39, 0.29) is 0 Å². The third-order valence-corrected chi connectivity index (χ3v) is 6.49. The Labute approximate surface area is 195 Å². The highest BCUT2D eigenvalue weighted by Gasteiger charge is 2.20.